The van der Waals surface area contributed by atoms with E-state index in [4.69, 9.17) is 9.13 Å². The molecular formula is C21H33Cl2O2PZr-6. The first kappa shape index (κ1) is 45.3. The maximum Gasteiger partial charge on any atom is 0.303 e. The third-order valence-corrected chi connectivity index (χ3v) is 2.13. The molecule has 0 bridgehead atoms. The van der Waals surface area contributed by atoms with Crippen molar-refractivity contribution >= 4 is 47.1 Å². The van der Waals surface area contributed by atoms with Crippen LogP contribution in [0.1, 0.15) is 20.3 Å². The predicted octanol–water partition coefficient (Wildman–Crippen LogP) is 7.61. The average molecular weight is 511 g/mol. The van der Waals surface area contributed by atoms with Crippen LogP contribution in [0, 0.1) is 35.8 Å². The van der Waals surface area contributed by atoms with Crippen LogP contribution in [0.2, 0.25) is 0 Å². The van der Waals surface area contributed by atoms with Crippen LogP contribution in [-0.2, 0) is 33.4 Å². The van der Waals surface area contributed by atoms with Crippen LogP contribution in [0.3, 0.4) is 0 Å². The molecule has 1 aliphatic rings. The van der Waals surface area contributed by atoms with Crippen molar-refractivity contribution in [2.24, 2.45) is 0 Å². The smallest absolute Gasteiger partial charge is 0.303 e. The zero-order valence-electron chi connectivity index (χ0n) is 17.1. The van der Waals surface area contributed by atoms with E-state index in [1.54, 1.807) is 24.2 Å². The van der Waals surface area contributed by atoms with Crippen LogP contribution < -0.4 is 0 Å². The minimum absolute atomic E-state index is 0. The van der Waals surface area contributed by atoms with Crippen molar-refractivity contribution in [1.29, 1.82) is 0 Å². The van der Waals surface area contributed by atoms with E-state index in [0.29, 0.717) is 0 Å². The molecule has 2 nitrogen and oxygen atoms in total. The second kappa shape index (κ2) is 33.2. The van der Waals surface area contributed by atoms with Gasteiger partial charge in [-0.25, -0.2) is 21.3 Å². The van der Waals surface area contributed by atoms with Crippen molar-refractivity contribution in [2.75, 3.05) is 0 Å². The van der Waals surface area contributed by atoms with E-state index in [1.807, 2.05) is 12.2 Å². The molecule has 0 saturated heterocycles. The molecule has 1 aliphatic carbocycles. The first-order chi connectivity index (χ1) is 10.1. The van der Waals surface area contributed by atoms with Gasteiger partial charge in [0.1, 0.15) is 0 Å². The molecule has 0 spiro atoms. The number of rotatable bonds is 0. The fraction of sp³-hybridized carbons (Fsp3) is 0.143. The van der Waals surface area contributed by atoms with Crippen molar-refractivity contribution in [2.45, 2.75) is 20.3 Å². The predicted molar refractivity (Wildman–Crippen MR) is 127 cm³/mol. The van der Waals surface area contributed by atoms with E-state index in [2.05, 4.69) is 68.5 Å². The second-order valence-electron chi connectivity index (χ2n) is 4.24. The van der Waals surface area contributed by atoms with Gasteiger partial charge in [-0.3, -0.25) is 6.08 Å². The van der Waals surface area contributed by atoms with Gasteiger partial charge in [0.2, 0.25) is 0 Å². The Morgan fingerprint density at radius 2 is 1.52 bits per heavy atom. The summed E-state index contributed by atoms with van der Waals surface area (Å²) in [7, 11) is -1.42. The Morgan fingerprint density at radius 1 is 1.04 bits per heavy atom. The summed E-state index contributed by atoms with van der Waals surface area (Å²) in [5.74, 6) is 0. The van der Waals surface area contributed by atoms with Crippen molar-refractivity contribution in [1.82, 2.24) is 0 Å². The van der Waals surface area contributed by atoms with Gasteiger partial charge in [-0.15, -0.1) is 60.9 Å². The summed E-state index contributed by atoms with van der Waals surface area (Å²) in [4.78, 5) is 0. The largest absolute Gasteiger partial charge is 0.358 e. The van der Waals surface area contributed by atoms with Crippen LogP contribution in [0.25, 0.3) is 10.8 Å². The van der Waals surface area contributed by atoms with E-state index in [-0.39, 0.29) is 54.5 Å². The zero-order chi connectivity index (χ0) is 15.9. The maximum absolute atomic E-state index is 8.40. The van der Waals surface area contributed by atoms with Gasteiger partial charge in [-0.2, -0.15) is 23.6 Å². The molecule has 0 fully saturated rings. The van der Waals surface area contributed by atoms with E-state index >= 15 is 0 Å². The molecule has 0 atom stereocenters. The molecule has 2 aromatic carbocycles. The molecule has 0 radical (unpaired) electrons. The Kier molecular flexibility index (Phi) is 55.7. The first-order valence-electron chi connectivity index (χ1n) is 6.45. The Hall–Kier alpha value is -0.457. The SMILES string of the molecule is C[C](C)=[Zr].Cl.Cl.O=[PH]=O.[C-]1=CC=CC1.[CH3-].[CH3-].[CH3-].[CH3-].c1ccc2[cH-]ccc2c1. The molecule has 158 valence electrons. The van der Waals surface area contributed by atoms with E-state index in [0.717, 1.165) is 6.42 Å². The third kappa shape index (κ3) is 30.5. The quantitative estimate of drug-likeness (QED) is 0.270. The number of hydrogen-bond acceptors (Lipinski definition) is 2. The number of fused-ring (bicyclic) bond motifs is 1. The zero-order valence-corrected chi connectivity index (χ0v) is 22.2. The Balaban J connectivity index is -0.0000000399. The van der Waals surface area contributed by atoms with Gasteiger partial charge in [-0.05, 0) is 0 Å². The van der Waals surface area contributed by atoms with Gasteiger partial charge in [-0.1, -0.05) is 6.07 Å². The number of hydrogen-bond donors (Lipinski definition) is 0. The van der Waals surface area contributed by atoms with Crippen LogP contribution in [0.5, 0.6) is 0 Å². The number of halogens is 2. The van der Waals surface area contributed by atoms with Crippen LogP contribution in [0.4, 0.5) is 0 Å². The topological polar surface area (TPSA) is 34.1 Å². The van der Waals surface area contributed by atoms with Crippen LogP contribution in [0.15, 0.2) is 60.7 Å². The van der Waals surface area contributed by atoms with Crippen molar-refractivity contribution in [3.63, 3.8) is 0 Å². The van der Waals surface area contributed by atoms with Gasteiger partial charge in [0.05, 0.1) is 0 Å². The van der Waals surface area contributed by atoms with E-state index in [9.17, 15) is 0 Å². The molecular weight excluding hydrogens is 477 g/mol. The molecule has 0 amide bonds. The fourth-order valence-corrected chi connectivity index (χ4v) is 1.41. The molecule has 3 rings (SSSR count). The van der Waals surface area contributed by atoms with E-state index < -0.39 is 8.34 Å². The number of benzene rings is 1. The molecule has 2 aromatic rings. The van der Waals surface area contributed by atoms with Crippen LogP contribution >= 0.6 is 33.2 Å². The number of allylic oxidation sites excluding steroid dienone is 4. The summed E-state index contributed by atoms with van der Waals surface area (Å²) in [6.45, 7) is 4.25. The molecule has 0 aliphatic heterocycles. The van der Waals surface area contributed by atoms with Gasteiger partial charge in [0.15, 0.2) is 0 Å². The van der Waals surface area contributed by atoms with Crippen LogP contribution in [-0.4, -0.2) is 3.21 Å². The minimum atomic E-state index is -1.42. The molecule has 0 unspecified atom stereocenters. The molecule has 6 heteroatoms. The summed E-state index contributed by atoms with van der Waals surface area (Å²) in [6.07, 6.45) is 10.0. The summed E-state index contributed by atoms with van der Waals surface area (Å²) in [6, 6.07) is 14.7. The minimum Gasteiger partial charge on any atom is -0.358 e. The summed E-state index contributed by atoms with van der Waals surface area (Å²) in [5.41, 5.74) is 0. The third-order valence-electron chi connectivity index (χ3n) is 2.13. The standard InChI is InChI=1S/C9H7.C5H5.C3H6.4CH3.2ClH.HO2P.Zr/c1-2-5-9-7-3-6-8(9)4-1;1-2-4-5-3-1;1-3-2;;;;;;;1-3-2;/h1-7H;1-3H,4H2;1-2H3;4*1H3;2*1H;3H;/q2*-1;;4*-1;;;;. The summed E-state index contributed by atoms with van der Waals surface area (Å²) < 4.78 is 18.3. The van der Waals surface area contributed by atoms with Crippen molar-refractivity contribution in [3.8, 4) is 0 Å². The summed E-state index contributed by atoms with van der Waals surface area (Å²) in [5, 5.41) is 2.66. The van der Waals surface area contributed by atoms with Crippen molar-refractivity contribution < 1.29 is 33.4 Å². The Labute approximate surface area is 196 Å². The molecule has 0 aromatic heterocycles. The molecule has 0 heterocycles. The Morgan fingerprint density at radius 3 is 1.85 bits per heavy atom. The van der Waals surface area contributed by atoms with Crippen molar-refractivity contribution in [3.05, 3.63) is 96.5 Å². The first-order valence-corrected chi connectivity index (χ1v) is 8.49. The fourth-order valence-electron chi connectivity index (χ4n) is 1.41. The monoisotopic (exact) mass is 508 g/mol. The van der Waals surface area contributed by atoms with Gasteiger partial charge in [0.25, 0.3) is 0 Å². The normalized spacial score (nSPS) is 8.04. The summed E-state index contributed by atoms with van der Waals surface area (Å²) >= 11 is 1.55. The van der Waals surface area contributed by atoms with Gasteiger partial charge < -0.3 is 29.7 Å². The van der Waals surface area contributed by atoms with Gasteiger partial charge >= 0.3 is 49.6 Å². The second-order valence-corrected chi connectivity index (χ2v) is 6.87. The maximum atomic E-state index is 8.40. The Bertz CT molecular complexity index is 588. The average Bonchev–Trinajstić information content (AvgIpc) is 3.14. The van der Waals surface area contributed by atoms with Gasteiger partial charge in [0, 0.05) is 0 Å². The van der Waals surface area contributed by atoms with E-state index in [1.165, 1.54) is 14.0 Å². The molecule has 27 heavy (non-hydrogen) atoms. The molecule has 0 saturated carbocycles. The molecule has 0 N–H and O–H groups in total.